The van der Waals surface area contributed by atoms with Crippen LogP contribution in [0.1, 0.15) is 21.9 Å². The van der Waals surface area contributed by atoms with Gasteiger partial charge in [0, 0.05) is 0 Å². The summed E-state index contributed by atoms with van der Waals surface area (Å²) in [5.74, 6) is 0. The zero-order chi connectivity index (χ0) is 7.14. The van der Waals surface area contributed by atoms with Gasteiger partial charge < -0.3 is 0 Å². The molecule has 0 unspecified atom stereocenters. The second kappa shape index (κ2) is 2.14. The van der Waals surface area contributed by atoms with Gasteiger partial charge in [-0.15, -0.1) is 23.2 Å². The quantitative estimate of drug-likeness (QED) is 0.528. The van der Waals surface area contributed by atoms with Gasteiger partial charge in [-0.05, 0) is 11.1 Å². The van der Waals surface area contributed by atoms with Crippen molar-refractivity contribution < 1.29 is 0 Å². The van der Waals surface area contributed by atoms with Crippen molar-refractivity contribution in [3.05, 3.63) is 35.4 Å². The van der Waals surface area contributed by atoms with Crippen LogP contribution in [0.3, 0.4) is 0 Å². The minimum atomic E-state index is 0.0258. The monoisotopic (exact) mass is 172 g/mol. The highest BCUT2D eigenvalue weighted by molar-refractivity contribution is 6.32. The van der Waals surface area contributed by atoms with E-state index >= 15 is 0 Å². The molecule has 0 aliphatic heterocycles. The van der Waals surface area contributed by atoms with Crippen LogP contribution in [0.15, 0.2) is 24.3 Å². The highest BCUT2D eigenvalue weighted by Crippen LogP contribution is 2.51. The Hall–Kier alpha value is -0.200. The number of hydrogen-bond acceptors (Lipinski definition) is 0. The van der Waals surface area contributed by atoms with E-state index in [2.05, 4.69) is 0 Å². The molecule has 0 saturated heterocycles. The summed E-state index contributed by atoms with van der Waals surface area (Å²) in [6.07, 6.45) is 0. The summed E-state index contributed by atoms with van der Waals surface area (Å²) in [4.78, 5) is 0. The Bertz CT molecular complexity index is 230. The van der Waals surface area contributed by atoms with Crippen LogP contribution in [-0.4, -0.2) is 0 Å². The van der Waals surface area contributed by atoms with Gasteiger partial charge in [0.1, 0.15) is 0 Å². The summed E-state index contributed by atoms with van der Waals surface area (Å²) >= 11 is 11.8. The molecule has 0 heterocycles. The number of rotatable bonds is 0. The van der Waals surface area contributed by atoms with Crippen LogP contribution in [0.5, 0.6) is 0 Å². The normalized spacial score (nSPS) is 29.0. The van der Waals surface area contributed by atoms with E-state index in [9.17, 15) is 0 Å². The molecule has 1 aliphatic rings. The summed E-state index contributed by atoms with van der Waals surface area (Å²) in [7, 11) is 0. The summed E-state index contributed by atoms with van der Waals surface area (Å²) in [6.45, 7) is 0. The largest absolute Gasteiger partial charge is 0.116 e. The Balaban J connectivity index is 2.50. The van der Waals surface area contributed by atoms with Gasteiger partial charge in [0.2, 0.25) is 0 Å². The summed E-state index contributed by atoms with van der Waals surface area (Å²) < 4.78 is 0. The molecule has 0 fully saturated rings. The van der Waals surface area contributed by atoms with E-state index in [1.54, 1.807) is 0 Å². The first kappa shape index (κ1) is 6.51. The number of alkyl halides is 2. The smallest absolute Gasteiger partial charge is 0.0793 e. The third kappa shape index (κ3) is 0.694. The molecule has 0 saturated carbocycles. The molecule has 1 aromatic carbocycles. The second-order valence-corrected chi connectivity index (χ2v) is 3.37. The topological polar surface area (TPSA) is 0 Å². The van der Waals surface area contributed by atoms with Crippen molar-refractivity contribution in [2.75, 3.05) is 0 Å². The van der Waals surface area contributed by atoms with Gasteiger partial charge in [0.25, 0.3) is 0 Å². The first-order chi connectivity index (χ1) is 4.80. The lowest BCUT2D eigenvalue weighted by Crippen LogP contribution is -2.14. The van der Waals surface area contributed by atoms with E-state index < -0.39 is 0 Å². The van der Waals surface area contributed by atoms with Crippen LogP contribution in [0.25, 0.3) is 0 Å². The predicted octanol–water partition coefficient (Wildman–Crippen LogP) is 3.26. The van der Waals surface area contributed by atoms with Crippen molar-refractivity contribution in [3.63, 3.8) is 0 Å². The van der Waals surface area contributed by atoms with Crippen molar-refractivity contribution in [1.82, 2.24) is 0 Å². The molecular weight excluding hydrogens is 167 g/mol. The maximum Gasteiger partial charge on any atom is 0.0793 e. The Labute approximate surface area is 69.8 Å². The molecule has 10 heavy (non-hydrogen) atoms. The highest BCUT2D eigenvalue weighted by Gasteiger charge is 2.33. The minimum Gasteiger partial charge on any atom is -0.116 e. The van der Waals surface area contributed by atoms with Crippen molar-refractivity contribution in [2.24, 2.45) is 0 Å². The molecule has 0 aromatic heterocycles. The Morgan fingerprint density at radius 1 is 0.900 bits per heavy atom. The zero-order valence-electron chi connectivity index (χ0n) is 5.22. The number of halogens is 2. The lowest BCUT2D eigenvalue weighted by atomic mass is 9.88. The molecule has 1 aliphatic carbocycles. The first-order valence-corrected chi connectivity index (χ1v) is 4.05. The van der Waals surface area contributed by atoms with Gasteiger partial charge >= 0.3 is 0 Å². The molecule has 0 spiro atoms. The highest BCUT2D eigenvalue weighted by atomic mass is 35.5. The lowest BCUT2D eigenvalue weighted by molar-refractivity contribution is 0.770. The molecule has 0 radical (unpaired) electrons. The fourth-order valence-corrected chi connectivity index (χ4v) is 1.90. The maximum atomic E-state index is 5.90. The molecule has 0 bridgehead atoms. The SMILES string of the molecule is Cl[C@@H]1c2ccccc2[C@@H]1Cl. The minimum absolute atomic E-state index is 0.0258. The molecule has 2 atom stereocenters. The fourth-order valence-electron chi connectivity index (χ4n) is 1.23. The Kier molecular flexibility index (Phi) is 1.40. The van der Waals surface area contributed by atoms with Gasteiger partial charge in [-0.1, -0.05) is 24.3 Å². The van der Waals surface area contributed by atoms with Gasteiger partial charge in [0.15, 0.2) is 0 Å². The van der Waals surface area contributed by atoms with Crippen LogP contribution in [-0.2, 0) is 0 Å². The summed E-state index contributed by atoms with van der Waals surface area (Å²) in [6, 6.07) is 8.01. The predicted molar refractivity (Wildman–Crippen MR) is 43.6 cm³/mol. The lowest BCUT2D eigenvalue weighted by Gasteiger charge is -2.30. The van der Waals surface area contributed by atoms with Crippen molar-refractivity contribution >= 4 is 23.2 Å². The molecular formula is C8H6Cl2. The Morgan fingerprint density at radius 3 is 1.70 bits per heavy atom. The fraction of sp³-hybridized carbons (Fsp3) is 0.250. The average molecular weight is 173 g/mol. The van der Waals surface area contributed by atoms with Crippen LogP contribution in [0.2, 0.25) is 0 Å². The molecule has 2 heteroatoms. The molecule has 2 rings (SSSR count). The number of benzene rings is 1. The third-order valence-corrected chi connectivity index (χ3v) is 2.95. The van der Waals surface area contributed by atoms with Crippen molar-refractivity contribution in [3.8, 4) is 0 Å². The van der Waals surface area contributed by atoms with Crippen LogP contribution >= 0.6 is 23.2 Å². The van der Waals surface area contributed by atoms with Crippen molar-refractivity contribution in [1.29, 1.82) is 0 Å². The van der Waals surface area contributed by atoms with E-state index in [0.29, 0.717) is 0 Å². The Morgan fingerprint density at radius 2 is 1.30 bits per heavy atom. The zero-order valence-corrected chi connectivity index (χ0v) is 6.73. The van der Waals surface area contributed by atoms with E-state index in [-0.39, 0.29) is 10.8 Å². The summed E-state index contributed by atoms with van der Waals surface area (Å²) in [5, 5.41) is 0.0516. The average Bonchev–Trinajstić information content (AvgIpc) is 2.03. The standard InChI is InChI=1S/C8H6Cl2/c9-7-5-3-1-2-4-6(5)8(7)10/h1-4,7-8H/t7-,8+. The maximum absolute atomic E-state index is 5.90. The van der Waals surface area contributed by atoms with Gasteiger partial charge in [-0.25, -0.2) is 0 Å². The summed E-state index contributed by atoms with van der Waals surface area (Å²) in [5.41, 5.74) is 2.37. The van der Waals surface area contributed by atoms with Crippen LogP contribution in [0, 0.1) is 0 Å². The molecule has 52 valence electrons. The molecule has 0 N–H and O–H groups in total. The van der Waals surface area contributed by atoms with Gasteiger partial charge in [0.05, 0.1) is 10.8 Å². The first-order valence-electron chi connectivity index (χ1n) is 3.17. The molecule has 0 nitrogen and oxygen atoms in total. The third-order valence-electron chi connectivity index (χ3n) is 1.85. The van der Waals surface area contributed by atoms with E-state index in [1.165, 1.54) is 11.1 Å². The van der Waals surface area contributed by atoms with Gasteiger partial charge in [-0.2, -0.15) is 0 Å². The van der Waals surface area contributed by atoms with E-state index in [0.717, 1.165) is 0 Å². The molecule has 1 aromatic rings. The molecule has 0 amide bonds. The van der Waals surface area contributed by atoms with Crippen LogP contribution in [0.4, 0.5) is 0 Å². The number of fused-ring (bicyclic) bond motifs is 1. The van der Waals surface area contributed by atoms with E-state index in [4.69, 9.17) is 23.2 Å². The van der Waals surface area contributed by atoms with E-state index in [1.807, 2.05) is 24.3 Å². The second-order valence-electron chi connectivity index (χ2n) is 2.43. The van der Waals surface area contributed by atoms with Gasteiger partial charge in [-0.3, -0.25) is 0 Å². The number of hydrogen-bond donors (Lipinski definition) is 0. The van der Waals surface area contributed by atoms with Crippen molar-refractivity contribution in [2.45, 2.75) is 10.8 Å². The van der Waals surface area contributed by atoms with Crippen LogP contribution < -0.4 is 0 Å².